The molecule has 0 aliphatic heterocycles. The highest BCUT2D eigenvalue weighted by Crippen LogP contribution is 2.26. The molecule has 1 aromatic carbocycles. The number of benzene rings is 1. The van der Waals surface area contributed by atoms with Crippen molar-refractivity contribution in [2.75, 3.05) is 5.73 Å². The van der Waals surface area contributed by atoms with Crippen LogP contribution in [-0.4, -0.2) is 11.9 Å². The summed E-state index contributed by atoms with van der Waals surface area (Å²) in [5.74, 6) is -0.00943. The van der Waals surface area contributed by atoms with E-state index < -0.39 is 5.82 Å². The number of carbonyl (C=O) groups is 1. The third-order valence-electron chi connectivity index (χ3n) is 3.88. The summed E-state index contributed by atoms with van der Waals surface area (Å²) in [7, 11) is 0. The van der Waals surface area contributed by atoms with Crippen molar-refractivity contribution in [3.05, 3.63) is 29.6 Å². The molecule has 0 heterocycles. The fourth-order valence-corrected chi connectivity index (χ4v) is 2.81. The molecule has 0 bridgehead atoms. The first kappa shape index (κ1) is 13.8. The van der Waals surface area contributed by atoms with E-state index in [-0.39, 0.29) is 17.6 Å². The van der Waals surface area contributed by atoms with Crippen molar-refractivity contribution in [1.29, 1.82) is 0 Å². The number of nitrogen functional groups attached to an aromatic ring is 1. The van der Waals surface area contributed by atoms with Gasteiger partial charge in [-0.2, -0.15) is 0 Å². The monoisotopic (exact) mass is 264 g/mol. The molecule has 0 spiro atoms. The van der Waals surface area contributed by atoms with Crippen molar-refractivity contribution in [3.63, 3.8) is 0 Å². The van der Waals surface area contributed by atoms with Crippen LogP contribution in [0.3, 0.4) is 0 Å². The van der Waals surface area contributed by atoms with Crippen LogP contribution in [0.2, 0.25) is 0 Å². The van der Waals surface area contributed by atoms with E-state index in [1.54, 1.807) is 0 Å². The summed E-state index contributed by atoms with van der Waals surface area (Å²) in [6.45, 7) is 2.18. The molecule has 2 atom stereocenters. The summed E-state index contributed by atoms with van der Waals surface area (Å²) in [5, 5.41) is 2.99. The zero-order chi connectivity index (χ0) is 13.8. The standard InChI is InChI=1S/C15H21FN2O/c1-2-10-4-3-5-14(6-10)18-15(19)11-7-12(16)9-13(17)8-11/h7-10,14H,2-6,17H2,1H3,(H,18,19). The van der Waals surface area contributed by atoms with E-state index in [4.69, 9.17) is 5.73 Å². The summed E-state index contributed by atoms with van der Waals surface area (Å²) in [5.41, 5.74) is 6.13. The molecule has 4 heteroatoms. The lowest BCUT2D eigenvalue weighted by Gasteiger charge is -2.29. The number of anilines is 1. The Morgan fingerprint density at radius 2 is 2.21 bits per heavy atom. The summed E-state index contributed by atoms with van der Waals surface area (Å²) in [6.07, 6.45) is 5.57. The van der Waals surface area contributed by atoms with E-state index in [1.807, 2.05) is 0 Å². The highest BCUT2D eigenvalue weighted by molar-refractivity contribution is 5.95. The first-order valence-electron chi connectivity index (χ1n) is 6.95. The van der Waals surface area contributed by atoms with E-state index in [9.17, 15) is 9.18 Å². The van der Waals surface area contributed by atoms with Gasteiger partial charge in [0.05, 0.1) is 0 Å². The number of nitrogens with two attached hydrogens (primary N) is 1. The highest BCUT2D eigenvalue weighted by atomic mass is 19.1. The van der Waals surface area contributed by atoms with Gasteiger partial charge in [0, 0.05) is 17.3 Å². The molecule has 3 nitrogen and oxygen atoms in total. The molecule has 1 aliphatic rings. The van der Waals surface area contributed by atoms with E-state index in [0.29, 0.717) is 11.5 Å². The number of rotatable bonds is 3. The van der Waals surface area contributed by atoms with Gasteiger partial charge in [-0.3, -0.25) is 4.79 Å². The van der Waals surface area contributed by atoms with Crippen molar-refractivity contribution in [2.24, 2.45) is 5.92 Å². The molecule has 1 aromatic rings. The molecule has 19 heavy (non-hydrogen) atoms. The Kier molecular flexibility index (Phi) is 4.40. The van der Waals surface area contributed by atoms with Crippen LogP contribution >= 0.6 is 0 Å². The van der Waals surface area contributed by atoms with Crippen LogP contribution in [0.15, 0.2) is 18.2 Å². The molecule has 0 radical (unpaired) electrons. The van der Waals surface area contributed by atoms with Gasteiger partial charge in [0.2, 0.25) is 0 Å². The third kappa shape index (κ3) is 3.69. The molecule has 0 saturated heterocycles. The number of halogens is 1. The van der Waals surface area contributed by atoms with Crippen molar-refractivity contribution in [3.8, 4) is 0 Å². The maximum Gasteiger partial charge on any atom is 0.251 e. The van der Waals surface area contributed by atoms with Crippen LogP contribution in [0.4, 0.5) is 10.1 Å². The molecule has 1 aliphatic carbocycles. The fraction of sp³-hybridized carbons (Fsp3) is 0.533. The molecule has 1 amide bonds. The molecule has 2 rings (SSSR count). The molecule has 2 unspecified atom stereocenters. The van der Waals surface area contributed by atoms with Gasteiger partial charge in [-0.15, -0.1) is 0 Å². The SMILES string of the molecule is CCC1CCCC(NC(=O)c2cc(N)cc(F)c2)C1. The van der Waals surface area contributed by atoms with Crippen molar-refractivity contribution in [2.45, 2.75) is 45.1 Å². The molecule has 1 fully saturated rings. The Morgan fingerprint density at radius 1 is 1.42 bits per heavy atom. The van der Waals surface area contributed by atoms with E-state index in [2.05, 4.69) is 12.2 Å². The van der Waals surface area contributed by atoms with Gasteiger partial charge in [-0.25, -0.2) is 4.39 Å². The topological polar surface area (TPSA) is 55.1 Å². The van der Waals surface area contributed by atoms with Gasteiger partial charge >= 0.3 is 0 Å². The maximum atomic E-state index is 13.2. The molecular weight excluding hydrogens is 243 g/mol. The van der Waals surface area contributed by atoms with Crippen LogP contribution in [0, 0.1) is 11.7 Å². The Labute approximate surface area is 113 Å². The van der Waals surface area contributed by atoms with E-state index >= 15 is 0 Å². The number of nitrogens with one attached hydrogen (secondary N) is 1. The van der Waals surface area contributed by atoms with E-state index in [1.165, 1.54) is 24.6 Å². The highest BCUT2D eigenvalue weighted by Gasteiger charge is 2.22. The lowest BCUT2D eigenvalue weighted by molar-refractivity contribution is 0.0918. The van der Waals surface area contributed by atoms with Gasteiger partial charge in [0.15, 0.2) is 0 Å². The van der Waals surface area contributed by atoms with Gasteiger partial charge in [0.1, 0.15) is 5.82 Å². The van der Waals surface area contributed by atoms with Crippen LogP contribution in [0.1, 0.15) is 49.4 Å². The summed E-state index contributed by atoms with van der Waals surface area (Å²) >= 11 is 0. The van der Waals surface area contributed by atoms with E-state index in [0.717, 1.165) is 25.7 Å². The smallest absolute Gasteiger partial charge is 0.251 e. The lowest BCUT2D eigenvalue weighted by atomic mass is 9.84. The number of amides is 1. The van der Waals surface area contributed by atoms with Crippen molar-refractivity contribution >= 4 is 11.6 Å². The van der Waals surface area contributed by atoms with Crippen molar-refractivity contribution < 1.29 is 9.18 Å². The summed E-state index contributed by atoms with van der Waals surface area (Å²) < 4.78 is 13.2. The Balaban J connectivity index is 2.00. The summed E-state index contributed by atoms with van der Waals surface area (Å²) in [6, 6.07) is 4.16. The van der Waals surface area contributed by atoms with Crippen molar-refractivity contribution in [1.82, 2.24) is 5.32 Å². The van der Waals surface area contributed by atoms with Gasteiger partial charge in [-0.05, 0) is 37.0 Å². The minimum absolute atomic E-state index is 0.204. The predicted molar refractivity (Wildman–Crippen MR) is 74.3 cm³/mol. The molecule has 1 saturated carbocycles. The Morgan fingerprint density at radius 3 is 2.89 bits per heavy atom. The largest absolute Gasteiger partial charge is 0.399 e. The first-order valence-corrected chi connectivity index (χ1v) is 6.95. The third-order valence-corrected chi connectivity index (χ3v) is 3.88. The predicted octanol–water partition coefficient (Wildman–Crippen LogP) is 3.11. The lowest BCUT2D eigenvalue weighted by Crippen LogP contribution is -2.38. The van der Waals surface area contributed by atoms with Crippen LogP contribution in [0.25, 0.3) is 0 Å². The maximum absolute atomic E-state index is 13.2. The molecule has 0 aromatic heterocycles. The number of carbonyl (C=O) groups excluding carboxylic acids is 1. The van der Waals surface area contributed by atoms with Gasteiger partial charge < -0.3 is 11.1 Å². The minimum atomic E-state index is -0.472. The molecule has 3 N–H and O–H groups in total. The Hall–Kier alpha value is -1.58. The zero-order valence-electron chi connectivity index (χ0n) is 11.3. The fourth-order valence-electron chi connectivity index (χ4n) is 2.81. The number of hydrogen-bond acceptors (Lipinski definition) is 2. The Bertz CT molecular complexity index is 441. The quantitative estimate of drug-likeness (QED) is 0.824. The van der Waals surface area contributed by atoms with Crippen LogP contribution < -0.4 is 11.1 Å². The summed E-state index contributed by atoms with van der Waals surface area (Å²) in [4.78, 5) is 12.1. The van der Waals surface area contributed by atoms with Crippen LogP contribution in [-0.2, 0) is 0 Å². The number of hydrogen-bond donors (Lipinski definition) is 2. The second-order valence-electron chi connectivity index (χ2n) is 5.38. The molecule has 104 valence electrons. The van der Waals surface area contributed by atoms with Gasteiger partial charge in [0.25, 0.3) is 5.91 Å². The normalized spacial score (nSPS) is 23.1. The van der Waals surface area contributed by atoms with Crippen LogP contribution in [0.5, 0.6) is 0 Å². The van der Waals surface area contributed by atoms with Gasteiger partial charge in [-0.1, -0.05) is 26.2 Å². The zero-order valence-corrected chi connectivity index (χ0v) is 11.3. The second-order valence-corrected chi connectivity index (χ2v) is 5.38. The average Bonchev–Trinajstić information content (AvgIpc) is 2.37. The minimum Gasteiger partial charge on any atom is -0.399 e. The average molecular weight is 264 g/mol. The second kappa shape index (κ2) is 6.04. The first-order chi connectivity index (χ1) is 9.08. The molecular formula is C15H21FN2O.